The first-order chi connectivity index (χ1) is 14.5. The van der Waals surface area contributed by atoms with E-state index in [2.05, 4.69) is 5.32 Å². The lowest BCUT2D eigenvalue weighted by atomic mass is 9.86. The molecule has 2 aromatic rings. The van der Waals surface area contributed by atoms with Gasteiger partial charge in [0.05, 0.1) is 30.1 Å². The molecule has 7 nitrogen and oxygen atoms in total. The molecule has 1 aliphatic heterocycles. The lowest BCUT2D eigenvalue weighted by Gasteiger charge is -2.35. The Balaban J connectivity index is 1.69. The molecule has 0 bridgehead atoms. The number of nitrogens with zero attached hydrogens (tertiary/aromatic N) is 1. The van der Waals surface area contributed by atoms with Crippen LogP contribution in [-0.2, 0) is 20.2 Å². The highest BCUT2D eigenvalue weighted by atomic mass is 35.5. The van der Waals surface area contributed by atoms with E-state index in [1.165, 1.54) is 4.31 Å². The second-order valence-electron chi connectivity index (χ2n) is 8.40. The molecule has 1 N–H and O–H groups in total. The average molecular weight is 467 g/mol. The summed E-state index contributed by atoms with van der Waals surface area (Å²) in [5, 5.41) is 3.21. The summed E-state index contributed by atoms with van der Waals surface area (Å²) in [5.74, 6) is 0.471. The van der Waals surface area contributed by atoms with Crippen molar-refractivity contribution >= 4 is 33.2 Å². The number of fused-ring (bicyclic) bond motifs is 1. The molecule has 0 fully saturated rings. The first-order valence-corrected chi connectivity index (χ1v) is 12.1. The molecular weight excluding hydrogens is 440 g/mol. The molecule has 0 saturated heterocycles. The number of benzene rings is 2. The minimum atomic E-state index is -3.60. The van der Waals surface area contributed by atoms with Gasteiger partial charge >= 0.3 is 0 Å². The second kappa shape index (κ2) is 8.96. The summed E-state index contributed by atoms with van der Waals surface area (Å²) in [7, 11) is -3.60. The van der Waals surface area contributed by atoms with Crippen molar-refractivity contribution in [3.05, 3.63) is 53.1 Å². The SMILES string of the molecule is CC(C)(C)c1ccc2c(c1)N(S(C)(=O)=O)C[C@H](C(=O)NCCOc1ccccc1Cl)O2. The van der Waals surface area contributed by atoms with Crippen LogP contribution in [-0.4, -0.2) is 46.4 Å². The van der Waals surface area contributed by atoms with Crippen LogP contribution in [0.1, 0.15) is 26.3 Å². The van der Waals surface area contributed by atoms with Crippen molar-refractivity contribution in [1.82, 2.24) is 5.32 Å². The third-order valence-electron chi connectivity index (χ3n) is 4.88. The van der Waals surface area contributed by atoms with Gasteiger partial charge in [0, 0.05) is 0 Å². The van der Waals surface area contributed by atoms with Gasteiger partial charge in [0.15, 0.2) is 6.10 Å². The molecule has 0 unspecified atom stereocenters. The molecular formula is C22H27ClN2O5S. The fraction of sp³-hybridized carbons (Fsp3) is 0.409. The normalized spacial score (nSPS) is 16.3. The van der Waals surface area contributed by atoms with E-state index >= 15 is 0 Å². The molecule has 0 radical (unpaired) electrons. The number of hydrogen-bond acceptors (Lipinski definition) is 5. The quantitative estimate of drug-likeness (QED) is 0.660. The van der Waals surface area contributed by atoms with Crippen LogP contribution >= 0.6 is 11.6 Å². The first-order valence-electron chi connectivity index (χ1n) is 9.91. The van der Waals surface area contributed by atoms with Crippen LogP contribution in [0.5, 0.6) is 11.5 Å². The Labute approximate surface area is 188 Å². The Hall–Kier alpha value is -2.45. The van der Waals surface area contributed by atoms with Crippen LogP contribution in [0.15, 0.2) is 42.5 Å². The van der Waals surface area contributed by atoms with Gasteiger partial charge in [-0.25, -0.2) is 8.42 Å². The van der Waals surface area contributed by atoms with Crippen LogP contribution in [0, 0.1) is 0 Å². The molecule has 0 saturated carbocycles. The number of sulfonamides is 1. The fourth-order valence-corrected chi connectivity index (χ4v) is 4.28. The maximum absolute atomic E-state index is 12.6. The number of ether oxygens (including phenoxy) is 2. The van der Waals surface area contributed by atoms with E-state index in [0.29, 0.717) is 22.2 Å². The summed E-state index contributed by atoms with van der Waals surface area (Å²) < 4.78 is 37.5. The molecule has 1 aliphatic rings. The maximum Gasteiger partial charge on any atom is 0.263 e. The number of carbonyl (C=O) groups excluding carboxylic acids is 1. The highest BCUT2D eigenvalue weighted by Gasteiger charge is 2.35. The van der Waals surface area contributed by atoms with E-state index in [1.807, 2.05) is 32.9 Å². The molecule has 1 heterocycles. The second-order valence-corrected chi connectivity index (χ2v) is 10.7. The van der Waals surface area contributed by atoms with Gasteiger partial charge in [0.1, 0.15) is 18.1 Å². The van der Waals surface area contributed by atoms with E-state index in [-0.39, 0.29) is 25.1 Å². The van der Waals surface area contributed by atoms with E-state index in [1.54, 1.807) is 30.3 Å². The van der Waals surface area contributed by atoms with Crippen LogP contribution < -0.4 is 19.1 Å². The van der Waals surface area contributed by atoms with E-state index < -0.39 is 22.0 Å². The van der Waals surface area contributed by atoms with Gasteiger partial charge in [-0.05, 0) is 35.2 Å². The van der Waals surface area contributed by atoms with E-state index in [4.69, 9.17) is 21.1 Å². The molecule has 1 amide bonds. The van der Waals surface area contributed by atoms with Crippen LogP contribution in [0.4, 0.5) is 5.69 Å². The smallest absolute Gasteiger partial charge is 0.263 e. The van der Waals surface area contributed by atoms with Crippen LogP contribution in [0.3, 0.4) is 0 Å². The summed E-state index contributed by atoms with van der Waals surface area (Å²) in [4.78, 5) is 12.6. The number of para-hydroxylation sites is 1. The lowest BCUT2D eigenvalue weighted by Crippen LogP contribution is -2.51. The molecule has 0 aromatic heterocycles. The fourth-order valence-electron chi connectivity index (χ4n) is 3.18. The molecule has 0 spiro atoms. The Morgan fingerprint density at radius 1 is 1.26 bits per heavy atom. The number of anilines is 1. The van der Waals surface area contributed by atoms with Crippen molar-refractivity contribution in [3.63, 3.8) is 0 Å². The molecule has 2 aromatic carbocycles. The van der Waals surface area contributed by atoms with Crippen molar-refractivity contribution < 1.29 is 22.7 Å². The lowest BCUT2D eigenvalue weighted by molar-refractivity contribution is -0.127. The van der Waals surface area contributed by atoms with Crippen LogP contribution in [0.2, 0.25) is 5.02 Å². The number of amides is 1. The van der Waals surface area contributed by atoms with Crippen molar-refractivity contribution in [2.75, 3.05) is 30.3 Å². The minimum absolute atomic E-state index is 0.101. The predicted molar refractivity (Wildman–Crippen MR) is 122 cm³/mol. The number of hydrogen-bond donors (Lipinski definition) is 1. The molecule has 3 rings (SSSR count). The highest BCUT2D eigenvalue weighted by molar-refractivity contribution is 7.92. The van der Waals surface area contributed by atoms with Crippen molar-refractivity contribution in [2.24, 2.45) is 0 Å². The van der Waals surface area contributed by atoms with Gasteiger partial charge in [-0.3, -0.25) is 9.10 Å². The van der Waals surface area contributed by atoms with Gasteiger partial charge in [-0.15, -0.1) is 0 Å². The number of halogens is 1. The standard InChI is InChI=1S/C22H27ClN2O5S/c1-22(2,3)15-9-10-19-17(13-15)25(31(4,27)28)14-20(30-19)21(26)24-11-12-29-18-8-6-5-7-16(18)23/h5-10,13,20H,11-12,14H2,1-4H3,(H,24,26)/t20-/m1/s1. The van der Waals surface area contributed by atoms with E-state index in [0.717, 1.165) is 11.8 Å². The zero-order chi connectivity index (χ0) is 22.8. The summed E-state index contributed by atoms with van der Waals surface area (Å²) >= 11 is 6.04. The summed E-state index contributed by atoms with van der Waals surface area (Å²) in [6, 6.07) is 12.5. The Kier molecular flexibility index (Phi) is 6.71. The van der Waals surface area contributed by atoms with Crippen molar-refractivity contribution in [2.45, 2.75) is 32.3 Å². The van der Waals surface area contributed by atoms with Crippen molar-refractivity contribution in [3.8, 4) is 11.5 Å². The van der Waals surface area contributed by atoms with Crippen LogP contribution in [0.25, 0.3) is 0 Å². The third-order valence-corrected chi connectivity index (χ3v) is 6.34. The number of carbonyl (C=O) groups is 1. The molecule has 0 aliphatic carbocycles. The summed E-state index contributed by atoms with van der Waals surface area (Å²) in [5.41, 5.74) is 1.26. The largest absolute Gasteiger partial charge is 0.490 e. The number of rotatable bonds is 6. The maximum atomic E-state index is 12.6. The minimum Gasteiger partial charge on any atom is -0.490 e. The Morgan fingerprint density at radius 2 is 1.97 bits per heavy atom. The zero-order valence-corrected chi connectivity index (χ0v) is 19.6. The van der Waals surface area contributed by atoms with Gasteiger partial charge < -0.3 is 14.8 Å². The zero-order valence-electron chi connectivity index (χ0n) is 18.0. The third kappa shape index (κ3) is 5.62. The van der Waals surface area contributed by atoms with Gasteiger partial charge in [-0.2, -0.15) is 0 Å². The monoisotopic (exact) mass is 466 g/mol. The van der Waals surface area contributed by atoms with E-state index in [9.17, 15) is 13.2 Å². The molecule has 168 valence electrons. The Bertz CT molecular complexity index is 1070. The van der Waals surface area contributed by atoms with Gasteiger partial charge in [-0.1, -0.05) is 50.6 Å². The highest BCUT2D eigenvalue weighted by Crippen LogP contribution is 2.38. The summed E-state index contributed by atoms with van der Waals surface area (Å²) in [6.45, 7) is 6.47. The average Bonchev–Trinajstić information content (AvgIpc) is 2.69. The van der Waals surface area contributed by atoms with Gasteiger partial charge in [0.25, 0.3) is 5.91 Å². The Morgan fingerprint density at radius 3 is 2.61 bits per heavy atom. The van der Waals surface area contributed by atoms with Crippen molar-refractivity contribution in [1.29, 1.82) is 0 Å². The number of nitrogens with one attached hydrogen (secondary N) is 1. The van der Waals surface area contributed by atoms with Gasteiger partial charge in [0.2, 0.25) is 10.0 Å². The molecule has 1 atom stereocenters. The predicted octanol–water partition coefficient (Wildman–Crippen LogP) is 3.36. The summed E-state index contributed by atoms with van der Waals surface area (Å²) in [6.07, 6.45) is 0.154. The molecule has 31 heavy (non-hydrogen) atoms. The molecule has 9 heteroatoms. The first kappa shape index (κ1) is 23.2. The topological polar surface area (TPSA) is 84.9 Å².